The molecule has 1 rings (SSSR count). The van der Waals surface area contributed by atoms with Gasteiger partial charge in [0.15, 0.2) is 0 Å². The molecule has 1 heterocycles. The molecule has 0 spiro atoms. The quantitative estimate of drug-likeness (QED) is 0.312. The third kappa shape index (κ3) is 5.63. The first-order valence-electron chi connectivity index (χ1n) is 7.73. The van der Waals surface area contributed by atoms with Gasteiger partial charge >= 0.3 is 11.8 Å². The first-order chi connectivity index (χ1) is 9.56. The van der Waals surface area contributed by atoms with Crippen molar-refractivity contribution < 1.29 is 9.59 Å². The van der Waals surface area contributed by atoms with E-state index in [0.29, 0.717) is 6.54 Å². The van der Waals surface area contributed by atoms with Crippen molar-refractivity contribution in [3.05, 3.63) is 0 Å². The Morgan fingerprint density at radius 2 is 1.76 bits per heavy atom. The lowest BCUT2D eigenvalue weighted by atomic mass is 9.79. The number of unbranched alkanes of at least 4 members (excludes halogenated alkanes) is 1. The number of nitrogens with zero attached hydrogens (tertiary/aromatic N) is 1. The van der Waals surface area contributed by atoms with Crippen LogP contribution in [-0.4, -0.2) is 40.5 Å². The average Bonchev–Trinajstić information content (AvgIpc) is 2.30. The molecule has 122 valence electrons. The van der Waals surface area contributed by atoms with E-state index in [2.05, 4.69) is 38.3 Å². The van der Waals surface area contributed by atoms with E-state index in [0.717, 1.165) is 30.7 Å². The second-order valence-corrected chi connectivity index (χ2v) is 7.32. The van der Waals surface area contributed by atoms with E-state index in [1.54, 1.807) is 0 Å². The fraction of sp³-hybridized carbons (Fsp3) is 0.867. The molecule has 0 aromatic rings. The number of amides is 2. The lowest BCUT2D eigenvalue weighted by Gasteiger charge is -2.46. The summed E-state index contributed by atoms with van der Waals surface area (Å²) in [6.45, 7) is 10.8. The SMILES string of the molecule is CCCCN(N)C(=O)C(=O)NC1CC(C)(C)NC(C)(C)C1. The molecule has 6 heteroatoms. The Bertz CT molecular complexity index is 377. The van der Waals surface area contributed by atoms with Crippen LogP contribution in [0.5, 0.6) is 0 Å². The van der Waals surface area contributed by atoms with Crippen LogP contribution in [0.25, 0.3) is 0 Å². The number of hydrogen-bond donors (Lipinski definition) is 3. The Labute approximate surface area is 127 Å². The molecule has 0 atom stereocenters. The Hall–Kier alpha value is -1.14. The summed E-state index contributed by atoms with van der Waals surface area (Å²) in [4.78, 5) is 24.0. The number of carbonyl (C=O) groups excluding carboxylic acids is 2. The fourth-order valence-electron chi connectivity index (χ4n) is 3.23. The van der Waals surface area contributed by atoms with Crippen molar-refractivity contribution in [1.82, 2.24) is 15.6 Å². The summed E-state index contributed by atoms with van der Waals surface area (Å²) in [5.41, 5.74) is -0.152. The van der Waals surface area contributed by atoms with Gasteiger partial charge in [-0.05, 0) is 47.0 Å². The van der Waals surface area contributed by atoms with E-state index >= 15 is 0 Å². The number of nitrogens with two attached hydrogens (primary N) is 1. The molecular formula is C15H30N4O2. The van der Waals surface area contributed by atoms with Gasteiger partial charge in [0.2, 0.25) is 0 Å². The lowest BCUT2D eigenvalue weighted by molar-refractivity contribution is -0.146. The molecule has 4 N–H and O–H groups in total. The fourth-order valence-corrected chi connectivity index (χ4v) is 3.23. The van der Waals surface area contributed by atoms with E-state index < -0.39 is 11.8 Å². The van der Waals surface area contributed by atoms with Gasteiger partial charge < -0.3 is 10.6 Å². The number of nitrogens with one attached hydrogen (secondary N) is 2. The largest absolute Gasteiger partial charge is 0.345 e. The summed E-state index contributed by atoms with van der Waals surface area (Å²) >= 11 is 0. The van der Waals surface area contributed by atoms with Crippen LogP contribution in [-0.2, 0) is 9.59 Å². The Morgan fingerprint density at radius 3 is 2.24 bits per heavy atom. The van der Waals surface area contributed by atoms with Crippen molar-refractivity contribution in [2.75, 3.05) is 6.54 Å². The summed E-state index contributed by atoms with van der Waals surface area (Å²) in [5.74, 6) is 4.37. The van der Waals surface area contributed by atoms with Gasteiger partial charge in [0, 0.05) is 23.7 Å². The highest BCUT2D eigenvalue weighted by atomic mass is 16.2. The van der Waals surface area contributed by atoms with Gasteiger partial charge in [-0.2, -0.15) is 0 Å². The standard InChI is InChI=1S/C15H30N4O2/c1-6-7-8-19(16)13(21)12(20)17-11-9-14(2,3)18-15(4,5)10-11/h11,18H,6-10,16H2,1-5H3,(H,17,20). The summed E-state index contributed by atoms with van der Waals surface area (Å²) < 4.78 is 0. The zero-order chi connectivity index (χ0) is 16.3. The lowest BCUT2D eigenvalue weighted by Crippen LogP contribution is -2.63. The molecule has 0 aromatic carbocycles. The van der Waals surface area contributed by atoms with Crippen molar-refractivity contribution in [1.29, 1.82) is 0 Å². The highest BCUT2D eigenvalue weighted by Crippen LogP contribution is 2.28. The summed E-state index contributed by atoms with van der Waals surface area (Å²) in [5, 5.41) is 7.39. The minimum absolute atomic E-state index is 0.0210. The molecule has 0 aliphatic carbocycles. The number of carbonyl (C=O) groups is 2. The van der Waals surface area contributed by atoms with E-state index in [9.17, 15) is 9.59 Å². The van der Waals surface area contributed by atoms with Crippen molar-refractivity contribution in [2.24, 2.45) is 5.84 Å². The normalized spacial score (nSPS) is 20.9. The maximum atomic E-state index is 12.0. The molecule has 21 heavy (non-hydrogen) atoms. The maximum absolute atomic E-state index is 12.0. The maximum Gasteiger partial charge on any atom is 0.325 e. The Kier molecular flexibility index (Phi) is 5.75. The number of hydrazine groups is 1. The van der Waals surface area contributed by atoms with Crippen LogP contribution in [0.15, 0.2) is 0 Å². The topological polar surface area (TPSA) is 87.5 Å². The zero-order valence-electron chi connectivity index (χ0n) is 14.0. The molecule has 2 amide bonds. The molecule has 1 aliphatic heterocycles. The minimum atomic E-state index is -0.655. The van der Waals surface area contributed by atoms with Gasteiger partial charge in [-0.15, -0.1) is 0 Å². The van der Waals surface area contributed by atoms with Gasteiger partial charge in [0.1, 0.15) is 0 Å². The minimum Gasteiger partial charge on any atom is -0.345 e. The van der Waals surface area contributed by atoms with Crippen LogP contribution in [0.3, 0.4) is 0 Å². The monoisotopic (exact) mass is 298 g/mol. The van der Waals surface area contributed by atoms with Gasteiger partial charge in [0.05, 0.1) is 0 Å². The number of hydrogen-bond acceptors (Lipinski definition) is 4. The number of piperidine rings is 1. The molecule has 0 saturated carbocycles. The smallest absolute Gasteiger partial charge is 0.325 e. The molecular weight excluding hydrogens is 268 g/mol. The van der Waals surface area contributed by atoms with Gasteiger partial charge in [0.25, 0.3) is 0 Å². The first-order valence-corrected chi connectivity index (χ1v) is 7.73. The third-order valence-corrected chi connectivity index (χ3v) is 3.73. The van der Waals surface area contributed by atoms with Gasteiger partial charge in [-0.1, -0.05) is 13.3 Å². The van der Waals surface area contributed by atoms with Crippen LogP contribution >= 0.6 is 0 Å². The first kappa shape index (κ1) is 17.9. The zero-order valence-corrected chi connectivity index (χ0v) is 14.0. The Morgan fingerprint density at radius 1 is 1.24 bits per heavy atom. The summed E-state index contributed by atoms with van der Waals surface area (Å²) in [6, 6.07) is -0.0210. The van der Waals surface area contributed by atoms with Crippen LogP contribution < -0.4 is 16.5 Å². The van der Waals surface area contributed by atoms with E-state index in [4.69, 9.17) is 5.84 Å². The summed E-state index contributed by atoms with van der Waals surface area (Å²) in [6.07, 6.45) is 3.30. The molecule has 0 bridgehead atoms. The van der Waals surface area contributed by atoms with Gasteiger partial charge in [-0.3, -0.25) is 14.6 Å². The molecule has 0 aromatic heterocycles. The molecule has 1 fully saturated rings. The molecule has 0 radical (unpaired) electrons. The van der Waals surface area contributed by atoms with Gasteiger partial charge in [-0.25, -0.2) is 5.84 Å². The van der Waals surface area contributed by atoms with Crippen molar-refractivity contribution >= 4 is 11.8 Å². The van der Waals surface area contributed by atoms with Crippen molar-refractivity contribution in [2.45, 2.75) is 77.4 Å². The molecule has 0 unspecified atom stereocenters. The second-order valence-electron chi connectivity index (χ2n) is 7.32. The van der Waals surface area contributed by atoms with E-state index in [1.165, 1.54) is 0 Å². The van der Waals surface area contributed by atoms with Crippen molar-refractivity contribution in [3.8, 4) is 0 Å². The molecule has 6 nitrogen and oxygen atoms in total. The van der Waals surface area contributed by atoms with Crippen LogP contribution in [0.4, 0.5) is 0 Å². The van der Waals surface area contributed by atoms with Crippen LogP contribution in [0.2, 0.25) is 0 Å². The van der Waals surface area contributed by atoms with E-state index in [1.807, 2.05) is 6.92 Å². The molecule has 1 aliphatic rings. The molecule has 1 saturated heterocycles. The average molecular weight is 298 g/mol. The van der Waals surface area contributed by atoms with Crippen LogP contribution in [0.1, 0.15) is 60.3 Å². The summed E-state index contributed by atoms with van der Waals surface area (Å²) in [7, 11) is 0. The Balaban J connectivity index is 2.59. The predicted molar refractivity (Wildman–Crippen MR) is 83.3 cm³/mol. The van der Waals surface area contributed by atoms with Crippen LogP contribution in [0, 0.1) is 0 Å². The third-order valence-electron chi connectivity index (χ3n) is 3.73. The number of rotatable bonds is 4. The highest BCUT2D eigenvalue weighted by molar-refractivity contribution is 6.34. The highest BCUT2D eigenvalue weighted by Gasteiger charge is 2.38. The second kappa shape index (κ2) is 6.75. The van der Waals surface area contributed by atoms with E-state index in [-0.39, 0.29) is 17.1 Å². The predicted octanol–water partition coefficient (Wildman–Crippen LogP) is 0.914. The van der Waals surface area contributed by atoms with Crippen molar-refractivity contribution in [3.63, 3.8) is 0 Å².